The van der Waals surface area contributed by atoms with Gasteiger partial charge in [0.05, 0.1) is 12.7 Å². The summed E-state index contributed by atoms with van der Waals surface area (Å²) in [6, 6.07) is 18.4. The number of piperidine rings is 1. The van der Waals surface area contributed by atoms with Gasteiger partial charge in [0.15, 0.2) is 0 Å². The summed E-state index contributed by atoms with van der Waals surface area (Å²) in [5.41, 5.74) is 1.14. The molecule has 1 heterocycles. The fraction of sp³-hybridized carbons (Fsp3) is 0.429. The average Bonchev–Trinajstić information content (AvgIpc) is 2.63. The zero-order chi connectivity index (χ0) is 17.0. The Balaban J connectivity index is 1.98. The van der Waals surface area contributed by atoms with E-state index < -0.39 is 5.60 Å². The Morgan fingerprint density at radius 1 is 1.08 bits per heavy atom. The van der Waals surface area contributed by atoms with E-state index in [0.29, 0.717) is 0 Å². The van der Waals surface area contributed by atoms with Crippen molar-refractivity contribution in [2.45, 2.75) is 43.7 Å². The summed E-state index contributed by atoms with van der Waals surface area (Å²) < 4.78 is 5.25. The molecule has 24 heavy (non-hydrogen) atoms. The van der Waals surface area contributed by atoms with E-state index in [0.717, 1.165) is 24.3 Å². The molecule has 128 valence electrons. The summed E-state index contributed by atoms with van der Waals surface area (Å²) in [5, 5.41) is 15.2. The molecule has 1 saturated heterocycles. The molecule has 0 aliphatic carbocycles. The Hall–Kier alpha value is -1.84. The van der Waals surface area contributed by atoms with Crippen LogP contribution >= 0.6 is 0 Å². The van der Waals surface area contributed by atoms with E-state index >= 15 is 0 Å². The quantitative estimate of drug-likeness (QED) is 0.878. The standard InChI is InChI=1S/C21H27NO2/c1-21(23,17-11-13-18(24-2)14-12-17)20(16-8-4-3-5-9-16)19-10-6-7-15-22-19/h3-5,8-9,11-14,19-20,22-23H,6-7,10,15H2,1-2H3/t19-,20+,21+/m1/s1. The van der Waals surface area contributed by atoms with Gasteiger partial charge < -0.3 is 15.2 Å². The lowest BCUT2D eigenvalue weighted by Gasteiger charge is -2.41. The van der Waals surface area contributed by atoms with Gasteiger partial charge >= 0.3 is 0 Å². The number of methoxy groups -OCH3 is 1. The topological polar surface area (TPSA) is 41.5 Å². The summed E-state index contributed by atoms with van der Waals surface area (Å²) in [5.74, 6) is 0.814. The maximum atomic E-state index is 11.5. The predicted octanol–water partition coefficient (Wildman–Crippen LogP) is 3.83. The maximum Gasteiger partial charge on any atom is 0.118 e. The number of benzene rings is 2. The van der Waals surface area contributed by atoms with Gasteiger partial charge in [-0.2, -0.15) is 0 Å². The molecular formula is C21H27NO2. The number of hydrogen-bond acceptors (Lipinski definition) is 3. The van der Waals surface area contributed by atoms with Gasteiger partial charge in [-0.25, -0.2) is 0 Å². The lowest BCUT2D eigenvalue weighted by molar-refractivity contribution is 0.00894. The summed E-state index contributed by atoms with van der Waals surface area (Å²) in [4.78, 5) is 0. The SMILES string of the molecule is COc1ccc([C@](C)(O)[C@@H](c2ccccc2)[C@H]2CCCCN2)cc1. The van der Waals surface area contributed by atoms with Gasteiger partial charge in [-0.15, -0.1) is 0 Å². The van der Waals surface area contributed by atoms with Crippen LogP contribution in [0.15, 0.2) is 54.6 Å². The smallest absolute Gasteiger partial charge is 0.118 e. The van der Waals surface area contributed by atoms with Gasteiger partial charge in [0.25, 0.3) is 0 Å². The molecule has 0 amide bonds. The van der Waals surface area contributed by atoms with Gasteiger partial charge in [-0.05, 0) is 49.6 Å². The minimum atomic E-state index is -0.956. The summed E-state index contributed by atoms with van der Waals surface area (Å²) >= 11 is 0. The number of aliphatic hydroxyl groups is 1. The highest BCUT2D eigenvalue weighted by Gasteiger charge is 2.40. The van der Waals surface area contributed by atoms with Crippen LogP contribution < -0.4 is 10.1 Å². The second-order valence-corrected chi connectivity index (χ2v) is 6.82. The summed E-state index contributed by atoms with van der Waals surface area (Å²) in [7, 11) is 1.66. The molecule has 0 aromatic heterocycles. The van der Waals surface area contributed by atoms with Crippen LogP contribution in [0.3, 0.4) is 0 Å². The minimum absolute atomic E-state index is 0.00685. The molecular weight excluding hydrogens is 298 g/mol. The van der Waals surface area contributed by atoms with Crippen molar-refractivity contribution >= 4 is 0 Å². The van der Waals surface area contributed by atoms with Crippen molar-refractivity contribution in [3.63, 3.8) is 0 Å². The van der Waals surface area contributed by atoms with Crippen LogP contribution in [-0.4, -0.2) is 24.8 Å². The van der Waals surface area contributed by atoms with Crippen LogP contribution in [0.4, 0.5) is 0 Å². The second kappa shape index (κ2) is 7.37. The minimum Gasteiger partial charge on any atom is -0.497 e. The van der Waals surface area contributed by atoms with E-state index in [9.17, 15) is 5.11 Å². The van der Waals surface area contributed by atoms with Gasteiger partial charge in [0.2, 0.25) is 0 Å². The van der Waals surface area contributed by atoms with Crippen molar-refractivity contribution in [1.82, 2.24) is 5.32 Å². The fourth-order valence-corrected chi connectivity index (χ4v) is 3.88. The zero-order valence-electron chi connectivity index (χ0n) is 14.5. The largest absolute Gasteiger partial charge is 0.497 e. The van der Waals surface area contributed by atoms with E-state index in [4.69, 9.17) is 4.74 Å². The molecule has 0 bridgehead atoms. The molecule has 2 N–H and O–H groups in total. The van der Waals surface area contributed by atoms with E-state index in [2.05, 4.69) is 29.6 Å². The van der Waals surface area contributed by atoms with Crippen LogP contribution in [0.25, 0.3) is 0 Å². The van der Waals surface area contributed by atoms with Crippen molar-refractivity contribution in [2.75, 3.05) is 13.7 Å². The van der Waals surface area contributed by atoms with Crippen LogP contribution in [0, 0.1) is 0 Å². The molecule has 1 aliphatic rings. The van der Waals surface area contributed by atoms with Crippen molar-refractivity contribution in [3.05, 3.63) is 65.7 Å². The summed E-state index contributed by atoms with van der Waals surface area (Å²) in [6.45, 7) is 2.95. The maximum absolute atomic E-state index is 11.5. The third kappa shape index (κ3) is 3.47. The highest BCUT2D eigenvalue weighted by atomic mass is 16.5. The average molecular weight is 325 g/mol. The molecule has 0 saturated carbocycles. The van der Waals surface area contributed by atoms with Crippen LogP contribution in [0.1, 0.15) is 43.2 Å². The molecule has 3 rings (SSSR count). The molecule has 3 atom stereocenters. The van der Waals surface area contributed by atoms with Crippen molar-refractivity contribution in [1.29, 1.82) is 0 Å². The van der Waals surface area contributed by atoms with Gasteiger partial charge in [-0.1, -0.05) is 48.9 Å². The van der Waals surface area contributed by atoms with E-state index in [1.54, 1.807) is 7.11 Å². The predicted molar refractivity (Wildman–Crippen MR) is 97.4 cm³/mol. The van der Waals surface area contributed by atoms with Gasteiger partial charge in [-0.3, -0.25) is 0 Å². The molecule has 3 heteroatoms. The Bertz CT molecular complexity index is 631. The highest BCUT2D eigenvalue weighted by Crippen LogP contribution is 2.41. The molecule has 1 fully saturated rings. The monoisotopic (exact) mass is 325 g/mol. The third-order valence-electron chi connectivity index (χ3n) is 5.19. The number of nitrogens with one attached hydrogen (secondary N) is 1. The van der Waals surface area contributed by atoms with Gasteiger partial charge in [0, 0.05) is 12.0 Å². The van der Waals surface area contributed by atoms with Crippen molar-refractivity contribution in [3.8, 4) is 5.75 Å². The molecule has 1 aliphatic heterocycles. The molecule has 2 aromatic rings. The van der Waals surface area contributed by atoms with E-state index in [1.165, 1.54) is 18.4 Å². The van der Waals surface area contributed by atoms with Crippen LogP contribution in [0.5, 0.6) is 5.75 Å². The first-order chi connectivity index (χ1) is 11.6. The van der Waals surface area contributed by atoms with E-state index in [-0.39, 0.29) is 12.0 Å². The molecule has 0 spiro atoms. The lowest BCUT2D eigenvalue weighted by Crippen LogP contribution is -2.47. The van der Waals surface area contributed by atoms with Crippen molar-refractivity contribution in [2.24, 2.45) is 0 Å². The Morgan fingerprint density at radius 2 is 1.79 bits per heavy atom. The third-order valence-corrected chi connectivity index (χ3v) is 5.19. The first kappa shape index (κ1) is 17.0. The molecule has 3 nitrogen and oxygen atoms in total. The lowest BCUT2D eigenvalue weighted by atomic mass is 9.72. The Kier molecular flexibility index (Phi) is 5.22. The number of ether oxygens (including phenoxy) is 1. The van der Waals surface area contributed by atoms with Crippen LogP contribution in [-0.2, 0) is 5.60 Å². The van der Waals surface area contributed by atoms with Crippen molar-refractivity contribution < 1.29 is 9.84 Å². The van der Waals surface area contributed by atoms with Crippen LogP contribution in [0.2, 0.25) is 0 Å². The van der Waals surface area contributed by atoms with E-state index in [1.807, 2.05) is 37.3 Å². The molecule has 2 aromatic carbocycles. The molecule has 0 radical (unpaired) electrons. The normalized spacial score (nSPS) is 21.7. The molecule has 0 unspecified atom stereocenters. The Morgan fingerprint density at radius 3 is 2.38 bits per heavy atom. The first-order valence-electron chi connectivity index (χ1n) is 8.78. The first-order valence-corrected chi connectivity index (χ1v) is 8.78. The number of rotatable bonds is 5. The fourth-order valence-electron chi connectivity index (χ4n) is 3.88. The summed E-state index contributed by atoms with van der Waals surface area (Å²) in [6.07, 6.45) is 3.51. The Labute approximate surface area is 144 Å². The second-order valence-electron chi connectivity index (χ2n) is 6.82. The highest BCUT2D eigenvalue weighted by molar-refractivity contribution is 5.35. The van der Waals surface area contributed by atoms with Gasteiger partial charge in [0.1, 0.15) is 5.75 Å². The number of hydrogen-bond donors (Lipinski definition) is 2. The zero-order valence-corrected chi connectivity index (χ0v) is 14.5.